The second-order valence-corrected chi connectivity index (χ2v) is 3.93. The van der Waals surface area contributed by atoms with Gasteiger partial charge in [-0.05, 0) is 38.8 Å². The third kappa shape index (κ3) is 2.91. The fourth-order valence-corrected chi connectivity index (χ4v) is 1.45. The van der Waals surface area contributed by atoms with Crippen molar-refractivity contribution in [3.8, 4) is 0 Å². The number of rotatable bonds is 3. The molecule has 0 amide bonds. The van der Waals surface area contributed by atoms with Gasteiger partial charge in [0, 0.05) is 12.2 Å². The molecule has 0 unspecified atom stereocenters. The summed E-state index contributed by atoms with van der Waals surface area (Å²) in [7, 11) is 0. The van der Waals surface area contributed by atoms with Crippen molar-refractivity contribution in [3.05, 3.63) is 41.0 Å². The maximum Gasteiger partial charge on any atom is 0.0402 e. The fourth-order valence-electron chi connectivity index (χ4n) is 1.45. The van der Waals surface area contributed by atoms with Gasteiger partial charge in [0.15, 0.2) is 0 Å². The molecule has 0 aliphatic rings. The molecule has 1 aromatic rings. The molecule has 0 atom stereocenters. The number of allylic oxidation sites excluding steroid dienone is 1. The van der Waals surface area contributed by atoms with Crippen LogP contribution in [0.5, 0.6) is 0 Å². The molecular formula is C13H19N. The van der Waals surface area contributed by atoms with E-state index in [2.05, 4.69) is 57.3 Å². The third-order valence-corrected chi connectivity index (χ3v) is 2.27. The van der Waals surface area contributed by atoms with Gasteiger partial charge >= 0.3 is 0 Å². The average Bonchev–Trinajstić information content (AvgIpc) is 2.09. The quantitative estimate of drug-likeness (QED) is 0.715. The fraction of sp³-hybridized carbons (Fsp3) is 0.385. The lowest BCUT2D eigenvalue weighted by Gasteiger charge is -2.10. The molecule has 0 fully saturated rings. The van der Waals surface area contributed by atoms with E-state index >= 15 is 0 Å². The van der Waals surface area contributed by atoms with Gasteiger partial charge in [-0.15, -0.1) is 0 Å². The first-order valence-electron chi connectivity index (χ1n) is 5.04. The molecule has 0 spiro atoms. The Kier molecular flexibility index (Phi) is 3.75. The first-order chi connectivity index (χ1) is 6.61. The Morgan fingerprint density at radius 3 is 2.29 bits per heavy atom. The van der Waals surface area contributed by atoms with Crippen LogP contribution in [0, 0.1) is 13.8 Å². The topological polar surface area (TPSA) is 12.0 Å². The minimum Gasteiger partial charge on any atom is -0.381 e. The lowest BCUT2D eigenvalue weighted by atomic mass is 10.1. The standard InChI is InChI=1S/C13H19N/c1-10(2)8-9-14-13-11(3)6-5-7-12(13)4/h5-8,14H,9H2,1-4H3. The summed E-state index contributed by atoms with van der Waals surface area (Å²) in [6.45, 7) is 9.42. The molecular weight excluding hydrogens is 170 g/mol. The SMILES string of the molecule is CC(C)=CCNc1c(C)cccc1C. The molecule has 76 valence electrons. The predicted octanol–water partition coefficient (Wildman–Crippen LogP) is 3.68. The van der Waals surface area contributed by atoms with Crippen molar-refractivity contribution in [2.24, 2.45) is 0 Å². The molecule has 1 aromatic carbocycles. The Labute approximate surface area is 86.8 Å². The van der Waals surface area contributed by atoms with Crippen molar-refractivity contribution >= 4 is 5.69 Å². The van der Waals surface area contributed by atoms with Crippen molar-refractivity contribution in [3.63, 3.8) is 0 Å². The van der Waals surface area contributed by atoms with Crippen LogP contribution in [0.1, 0.15) is 25.0 Å². The Bertz CT molecular complexity index is 313. The van der Waals surface area contributed by atoms with Gasteiger partial charge in [0.05, 0.1) is 0 Å². The summed E-state index contributed by atoms with van der Waals surface area (Å²) in [5.74, 6) is 0. The number of para-hydroxylation sites is 1. The number of benzene rings is 1. The molecule has 0 saturated carbocycles. The van der Waals surface area contributed by atoms with E-state index in [1.165, 1.54) is 22.4 Å². The average molecular weight is 189 g/mol. The van der Waals surface area contributed by atoms with Crippen molar-refractivity contribution in [2.45, 2.75) is 27.7 Å². The van der Waals surface area contributed by atoms with Crippen LogP contribution in [0.4, 0.5) is 5.69 Å². The summed E-state index contributed by atoms with van der Waals surface area (Å²) in [5, 5.41) is 3.44. The van der Waals surface area contributed by atoms with Crippen LogP contribution < -0.4 is 5.32 Å². The van der Waals surface area contributed by atoms with E-state index in [0.717, 1.165) is 6.54 Å². The minimum atomic E-state index is 0.911. The first kappa shape index (κ1) is 10.8. The monoisotopic (exact) mass is 189 g/mol. The first-order valence-corrected chi connectivity index (χ1v) is 5.04. The van der Waals surface area contributed by atoms with Crippen LogP contribution in [-0.2, 0) is 0 Å². The maximum absolute atomic E-state index is 3.44. The Morgan fingerprint density at radius 2 is 1.79 bits per heavy atom. The number of aryl methyl sites for hydroxylation is 2. The van der Waals surface area contributed by atoms with Crippen molar-refractivity contribution in [2.75, 3.05) is 11.9 Å². The highest BCUT2D eigenvalue weighted by Gasteiger charge is 1.98. The number of hydrogen-bond acceptors (Lipinski definition) is 1. The van der Waals surface area contributed by atoms with E-state index in [1.807, 2.05) is 0 Å². The van der Waals surface area contributed by atoms with Gasteiger partial charge in [0.1, 0.15) is 0 Å². The zero-order chi connectivity index (χ0) is 10.6. The Balaban J connectivity index is 2.71. The van der Waals surface area contributed by atoms with Gasteiger partial charge in [-0.1, -0.05) is 29.8 Å². The van der Waals surface area contributed by atoms with Crippen LogP contribution in [0.2, 0.25) is 0 Å². The predicted molar refractivity (Wildman–Crippen MR) is 63.8 cm³/mol. The highest BCUT2D eigenvalue weighted by atomic mass is 14.9. The molecule has 0 aliphatic heterocycles. The molecule has 0 radical (unpaired) electrons. The normalized spacial score (nSPS) is 9.71. The molecule has 0 bridgehead atoms. The van der Waals surface area contributed by atoms with Gasteiger partial charge in [0.25, 0.3) is 0 Å². The highest BCUT2D eigenvalue weighted by molar-refractivity contribution is 5.56. The molecule has 14 heavy (non-hydrogen) atoms. The summed E-state index contributed by atoms with van der Waals surface area (Å²) in [4.78, 5) is 0. The molecule has 1 heteroatoms. The highest BCUT2D eigenvalue weighted by Crippen LogP contribution is 2.18. The lowest BCUT2D eigenvalue weighted by Crippen LogP contribution is -2.02. The van der Waals surface area contributed by atoms with Gasteiger partial charge in [-0.2, -0.15) is 0 Å². The zero-order valence-electron chi connectivity index (χ0n) is 9.52. The van der Waals surface area contributed by atoms with Gasteiger partial charge in [0.2, 0.25) is 0 Å². The van der Waals surface area contributed by atoms with Crippen LogP contribution in [0.25, 0.3) is 0 Å². The van der Waals surface area contributed by atoms with Gasteiger partial charge in [-0.3, -0.25) is 0 Å². The van der Waals surface area contributed by atoms with Crippen LogP contribution in [0.3, 0.4) is 0 Å². The number of anilines is 1. The van der Waals surface area contributed by atoms with Crippen LogP contribution in [-0.4, -0.2) is 6.54 Å². The van der Waals surface area contributed by atoms with E-state index in [4.69, 9.17) is 0 Å². The zero-order valence-corrected chi connectivity index (χ0v) is 9.52. The molecule has 1 rings (SSSR count). The maximum atomic E-state index is 3.44. The summed E-state index contributed by atoms with van der Waals surface area (Å²) in [6, 6.07) is 6.37. The second-order valence-electron chi connectivity index (χ2n) is 3.93. The van der Waals surface area contributed by atoms with Crippen LogP contribution >= 0.6 is 0 Å². The van der Waals surface area contributed by atoms with E-state index in [9.17, 15) is 0 Å². The third-order valence-electron chi connectivity index (χ3n) is 2.27. The van der Waals surface area contributed by atoms with E-state index in [1.54, 1.807) is 0 Å². The van der Waals surface area contributed by atoms with Crippen molar-refractivity contribution < 1.29 is 0 Å². The molecule has 1 N–H and O–H groups in total. The van der Waals surface area contributed by atoms with E-state index in [0.29, 0.717) is 0 Å². The van der Waals surface area contributed by atoms with Crippen molar-refractivity contribution in [1.29, 1.82) is 0 Å². The smallest absolute Gasteiger partial charge is 0.0402 e. The Hall–Kier alpha value is -1.24. The van der Waals surface area contributed by atoms with Crippen LogP contribution in [0.15, 0.2) is 29.8 Å². The van der Waals surface area contributed by atoms with Crippen molar-refractivity contribution in [1.82, 2.24) is 0 Å². The number of hydrogen-bond donors (Lipinski definition) is 1. The summed E-state index contributed by atoms with van der Waals surface area (Å²) in [5.41, 5.74) is 5.24. The summed E-state index contributed by atoms with van der Waals surface area (Å²) < 4.78 is 0. The number of nitrogens with one attached hydrogen (secondary N) is 1. The molecule has 0 heterocycles. The minimum absolute atomic E-state index is 0.911. The molecule has 0 aliphatic carbocycles. The molecule has 0 saturated heterocycles. The van der Waals surface area contributed by atoms with E-state index in [-0.39, 0.29) is 0 Å². The second kappa shape index (κ2) is 4.85. The summed E-state index contributed by atoms with van der Waals surface area (Å²) >= 11 is 0. The van der Waals surface area contributed by atoms with Gasteiger partial charge in [-0.25, -0.2) is 0 Å². The molecule has 0 aromatic heterocycles. The summed E-state index contributed by atoms with van der Waals surface area (Å²) in [6.07, 6.45) is 2.20. The largest absolute Gasteiger partial charge is 0.381 e. The van der Waals surface area contributed by atoms with E-state index < -0.39 is 0 Å². The molecule has 1 nitrogen and oxygen atoms in total. The Morgan fingerprint density at radius 1 is 1.21 bits per heavy atom. The van der Waals surface area contributed by atoms with Gasteiger partial charge < -0.3 is 5.32 Å². The lowest BCUT2D eigenvalue weighted by molar-refractivity contribution is 1.23.